The van der Waals surface area contributed by atoms with Gasteiger partial charge in [-0.3, -0.25) is 4.98 Å². The maximum Gasteiger partial charge on any atom is 0.208 e. The Morgan fingerprint density at radius 2 is 1.74 bits per heavy atom. The van der Waals surface area contributed by atoms with Crippen molar-refractivity contribution < 1.29 is 13.5 Å². The first-order valence-electron chi connectivity index (χ1n) is 10.8. The summed E-state index contributed by atoms with van der Waals surface area (Å²) in [6.45, 7) is 0.706. The summed E-state index contributed by atoms with van der Waals surface area (Å²) in [6, 6.07) is 19.5. The number of hydrogen-bond donors (Lipinski definition) is 1. The molecule has 0 saturated carbocycles. The summed E-state index contributed by atoms with van der Waals surface area (Å²) in [5, 5.41) is 3.87. The molecule has 5 aromatic rings. The van der Waals surface area contributed by atoms with E-state index in [9.17, 15) is 8.78 Å². The second kappa shape index (κ2) is 8.22. The fourth-order valence-electron chi connectivity index (χ4n) is 4.09. The molecule has 1 N–H and O–H groups in total. The molecule has 3 aromatic carbocycles. The maximum atomic E-state index is 13.8. The molecule has 0 saturated heterocycles. The van der Waals surface area contributed by atoms with Crippen molar-refractivity contribution in [3.8, 4) is 28.3 Å². The SMILES string of the molecule is Fc1ccc(Nc2nc(-c3cccnc3)nc3cc(-c4ccc5c(c4)OCB5)ccc23)cc1F. The number of pyridine rings is 1. The van der Waals surface area contributed by atoms with Gasteiger partial charge in [0.15, 0.2) is 17.5 Å². The molecule has 164 valence electrons. The highest BCUT2D eigenvalue weighted by Crippen LogP contribution is 2.32. The van der Waals surface area contributed by atoms with Crippen LogP contribution in [0.15, 0.2) is 79.1 Å². The minimum absolute atomic E-state index is 0.385. The van der Waals surface area contributed by atoms with E-state index in [0.29, 0.717) is 29.4 Å². The van der Waals surface area contributed by atoms with E-state index in [-0.39, 0.29) is 0 Å². The van der Waals surface area contributed by atoms with Crippen LogP contribution < -0.4 is 15.5 Å². The zero-order valence-electron chi connectivity index (χ0n) is 17.9. The first-order chi connectivity index (χ1) is 16.6. The van der Waals surface area contributed by atoms with Crippen LogP contribution in [-0.2, 0) is 0 Å². The molecule has 1 aliphatic heterocycles. The Morgan fingerprint density at radius 1 is 0.853 bits per heavy atom. The number of anilines is 2. The quantitative estimate of drug-likeness (QED) is 0.399. The van der Waals surface area contributed by atoms with Crippen molar-refractivity contribution in [3.05, 3.63) is 90.8 Å². The average molecular weight is 450 g/mol. The van der Waals surface area contributed by atoms with Crippen LogP contribution in [-0.4, -0.2) is 28.7 Å². The Labute approximate surface area is 194 Å². The van der Waals surface area contributed by atoms with Gasteiger partial charge in [-0.05, 0) is 59.1 Å². The molecule has 0 atom stereocenters. The van der Waals surface area contributed by atoms with Gasteiger partial charge in [-0.2, -0.15) is 0 Å². The number of aromatic nitrogens is 3. The maximum absolute atomic E-state index is 13.8. The van der Waals surface area contributed by atoms with Crippen LogP contribution in [0.4, 0.5) is 20.3 Å². The smallest absolute Gasteiger partial charge is 0.208 e. The third-order valence-electron chi connectivity index (χ3n) is 5.83. The zero-order chi connectivity index (χ0) is 23.1. The Hall–Kier alpha value is -4.33. The first kappa shape index (κ1) is 20.3. The fraction of sp³-hybridized carbons (Fsp3) is 0.0385. The molecular weight excluding hydrogens is 433 g/mol. The third kappa shape index (κ3) is 3.73. The number of halogens is 2. The van der Waals surface area contributed by atoms with Crippen molar-refractivity contribution in [2.24, 2.45) is 0 Å². The summed E-state index contributed by atoms with van der Waals surface area (Å²) in [5.41, 5.74) is 5.06. The van der Waals surface area contributed by atoms with Crippen molar-refractivity contribution in [1.82, 2.24) is 15.0 Å². The highest BCUT2D eigenvalue weighted by atomic mass is 19.2. The number of nitrogens with one attached hydrogen (secondary N) is 1. The van der Waals surface area contributed by atoms with E-state index in [1.54, 1.807) is 12.4 Å². The van der Waals surface area contributed by atoms with Gasteiger partial charge in [-0.15, -0.1) is 0 Å². The van der Waals surface area contributed by atoms with Gasteiger partial charge < -0.3 is 10.1 Å². The monoisotopic (exact) mass is 450 g/mol. The van der Waals surface area contributed by atoms with Gasteiger partial charge in [0, 0.05) is 35.1 Å². The molecule has 2 aromatic heterocycles. The fourth-order valence-corrected chi connectivity index (χ4v) is 4.09. The Balaban J connectivity index is 1.49. The Kier molecular flexibility index (Phi) is 4.91. The van der Waals surface area contributed by atoms with Crippen LogP contribution in [0.3, 0.4) is 0 Å². The van der Waals surface area contributed by atoms with Crippen molar-refractivity contribution in [3.63, 3.8) is 0 Å². The molecule has 0 fully saturated rings. The average Bonchev–Trinajstić information content (AvgIpc) is 3.34. The van der Waals surface area contributed by atoms with Crippen molar-refractivity contribution in [1.29, 1.82) is 0 Å². The summed E-state index contributed by atoms with van der Waals surface area (Å²) in [7, 11) is 0.925. The normalized spacial score (nSPS) is 12.2. The van der Waals surface area contributed by atoms with E-state index in [2.05, 4.69) is 27.4 Å². The number of hydrogen-bond acceptors (Lipinski definition) is 5. The topological polar surface area (TPSA) is 59.9 Å². The van der Waals surface area contributed by atoms with E-state index >= 15 is 0 Å². The summed E-state index contributed by atoms with van der Waals surface area (Å²) < 4.78 is 33.0. The molecule has 1 aliphatic rings. The molecule has 6 rings (SSSR count). The molecule has 5 nitrogen and oxygen atoms in total. The lowest BCUT2D eigenvalue weighted by molar-refractivity contribution is 0.400. The van der Waals surface area contributed by atoms with Crippen LogP contribution >= 0.6 is 0 Å². The zero-order valence-corrected chi connectivity index (χ0v) is 17.9. The summed E-state index contributed by atoms with van der Waals surface area (Å²) in [6.07, 6.45) is 3.36. The Bertz CT molecular complexity index is 1550. The van der Waals surface area contributed by atoms with Crippen LogP contribution in [0.25, 0.3) is 33.4 Å². The van der Waals surface area contributed by atoms with Crippen LogP contribution in [0.1, 0.15) is 0 Å². The van der Waals surface area contributed by atoms with Crippen LogP contribution in [0, 0.1) is 11.6 Å². The minimum Gasteiger partial charge on any atom is -0.502 e. The minimum atomic E-state index is -0.933. The van der Waals surface area contributed by atoms with E-state index in [0.717, 1.165) is 47.2 Å². The molecule has 0 radical (unpaired) electrons. The van der Waals surface area contributed by atoms with Crippen molar-refractivity contribution in [2.45, 2.75) is 0 Å². The number of fused-ring (bicyclic) bond motifs is 2. The predicted molar refractivity (Wildman–Crippen MR) is 130 cm³/mol. The summed E-state index contributed by atoms with van der Waals surface area (Å²) in [5.74, 6) is 0.0323. The number of nitrogens with zero attached hydrogens (tertiary/aromatic N) is 3. The van der Waals surface area contributed by atoms with Gasteiger partial charge in [0.1, 0.15) is 11.6 Å². The molecular formula is C26H17BF2N4O. The largest absolute Gasteiger partial charge is 0.502 e. The van der Waals surface area contributed by atoms with Gasteiger partial charge in [0.2, 0.25) is 7.28 Å². The van der Waals surface area contributed by atoms with Crippen molar-refractivity contribution >= 4 is 35.2 Å². The predicted octanol–water partition coefficient (Wildman–Crippen LogP) is 4.79. The molecule has 34 heavy (non-hydrogen) atoms. The van der Waals surface area contributed by atoms with E-state index in [1.165, 1.54) is 11.5 Å². The standard InChI is InChI=1S/C26H17BF2N4O/c28-21-8-5-18(12-22(21)29)31-26-19-6-3-15(16-4-7-20-24(11-16)34-14-27-20)10-23(19)32-25(33-26)17-2-1-9-30-13-17/h1-13,27H,14H2,(H,31,32,33). The number of benzene rings is 3. The summed E-state index contributed by atoms with van der Waals surface area (Å²) >= 11 is 0. The van der Waals surface area contributed by atoms with Crippen LogP contribution in [0.5, 0.6) is 5.75 Å². The van der Waals surface area contributed by atoms with Gasteiger partial charge in [0.05, 0.1) is 12.0 Å². The highest BCUT2D eigenvalue weighted by Gasteiger charge is 2.16. The van der Waals surface area contributed by atoms with E-state index in [4.69, 9.17) is 9.72 Å². The van der Waals surface area contributed by atoms with Gasteiger partial charge in [-0.25, -0.2) is 18.7 Å². The van der Waals surface area contributed by atoms with Gasteiger partial charge in [-0.1, -0.05) is 18.2 Å². The molecule has 0 unspecified atom stereocenters. The highest BCUT2D eigenvalue weighted by molar-refractivity contribution is 6.56. The third-order valence-corrected chi connectivity index (χ3v) is 5.83. The second-order valence-corrected chi connectivity index (χ2v) is 8.04. The Morgan fingerprint density at radius 3 is 2.59 bits per heavy atom. The lowest BCUT2D eigenvalue weighted by Gasteiger charge is -2.13. The number of rotatable bonds is 4. The first-order valence-corrected chi connectivity index (χ1v) is 10.8. The molecule has 8 heteroatoms. The summed E-state index contributed by atoms with van der Waals surface area (Å²) in [4.78, 5) is 13.6. The molecule has 0 aliphatic carbocycles. The molecule has 0 spiro atoms. The molecule has 3 heterocycles. The second-order valence-electron chi connectivity index (χ2n) is 8.04. The number of ether oxygens (including phenoxy) is 1. The lowest BCUT2D eigenvalue weighted by atomic mass is 9.73. The van der Waals surface area contributed by atoms with Crippen LogP contribution in [0.2, 0.25) is 0 Å². The van der Waals surface area contributed by atoms with E-state index < -0.39 is 11.6 Å². The van der Waals surface area contributed by atoms with Crippen molar-refractivity contribution in [2.75, 3.05) is 11.8 Å². The molecule has 0 bridgehead atoms. The van der Waals surface area contributed by atoms with E-state index in [1.807, 2.05) is 36.4 Å². The van der Waals surface area contributed by atoms with Gasteiger partial charge >= 0.3 is 0 Å². The lowest BCUT2D eigenvalue weighted by Crippen LogP contribution is -2.09. The molecule has 0 amide bonds. The van der Waals surface area contributed by atoms with Gasteiger partial charge in [0.25, 0.3) is 0 Å².